The van der Waals surface area contributed by atoms with Crippen LogP contribution in [-0.2, 0) is 11.1 Å². The fourth-order valence-corrected chi connectivity index (χ4v) is 4.48. The molecule has 2 aliphatic rings. The SMILES string of the molecule is CN1C2(C(F)(F)F)c3ccccc3C1(C(F)(F)F)c1ccccc12. The minimum Gasteiger partial charge on any atom is -0.264 e. The second kappa shape index (κ2) is 4.14. The van der Waals surface area contributed by atoms with Gasteiger partial charge in [0.05, 0.1) is 0 Å². The Balaban J connectivity index is 2.25. The predicted molar refractivity (Wildman–Crippen MR) is 74.3 cm³/mol. The Morgan fingerprint density at radius 1 is 0.625 bits per heavy atom. The van der Waals surface area contributed by atoms with Gasteiger partial charge >= 0.3 is 12.4 Å². The van der Waals surface area contributed by atoms with Crippen molar-refractivity contribution in [1.82, 2.24) is 4.90 Å². The zero-order valence-corrected chi connectivity index (χ0v) is 12.3. The van der Waals surface area contributed by atoms with Crippen LogP contribution in [0.2, 0.25) is 0 Å². The third kappa shape index (κ3) is 1.32. The first-order valence-electron chi connectivity index (χ1n) is 7.18. The Morgan fingerprint density at radius 3 is 1.08 bits per heavy atom. The van der Waals surface area contributed by atoms with E-state index >= 15 is 0 Å². The van der Waals surface area contributed by atoms with Gasteiger partial charge in [-0.15, -0.1) is 0 Å². The van der Waals surface area contributed by atoms with Crippen molar-refractivity contribution >= 4 is 0 Å². The number of benzene rings is 2. The fourth-order valence-electron chi connectivity index (χ4n) is 4.48. The number of hydrogen-bond donors (Lipinski definition) is 0. The molecule has 4 rings (SSSR count). The highest BCUT2D eigenvalue weighted by atomic mass is 19.4. The summed E-state index contributed by atoms with van der Waals surface area (Å²) in [6.45, 7) is 0. The van der Waals surface area contributed by atoms with Crippen molar-refractivity contribution in [2.45, 2.75) is 23.4 Å². The lowest BCUT2D eigenvalue weighted by atomic mass is 9.72. The van der Waals surface area contributed by atoms with Gasteiger partial charge in [-0.05, 0) is 29.3 Å². The van der Waals surface area contributed by atoms with Gasteiger partial charge in [0.15, 0.2) is 11.1 Å². The molecule has 2 aromatic rings. The molecule has 2 bridgehead atoms. The van der Waals surface area contributed by atoms with E-state index in [0.29, 0.717) is 4.90 Å². The summed E-state index contributed by atoms with van der Waals surface area (Å²) in [7, 11) is 0.904. The molecule has 0 amide bonds. The van der Waals surface area contributed by atoms with Gasteiger partial charge in [0, 0.05) is 0 Å². The van der Waals surface area contributed by atoms with Crippen LogP contribution in [0.25, 0.3) is 0 Å². The molecule has 0 aliphatic carbocycles. The van der Waals surface area contributed by atoms with Crippen molar-refractivity contribution in [3.63, 3.8) is 0 Å². The molecule has 2 aromatic carbocycles. The largest absolute Gasteiger partial charge is 0.415 e. The molecule has 0 atom stereocenters. The fraction of sp³-hybridized carbons (Fsp3) is 0.294. The van der Waals surface area contributed by atoms with E-state index in [1.165, 1.54) is 24.3 Å². The van der Waals surface area contributed by atoms with Crippen LogP contribution in [0.1, 0.15) is 22.3 Å². The quantitative estimate of drug-likeness (QED) is 0.634. The average Bonchev–Trinajstić information content (AvgIpc) is 2.88. The number of hydrogen-bond acceptors (Lipinski definition) is 1. The zero-order valence-electron chi connectivity index (χ0n) is 12.3. The lowest BCUT2D eigenvalue weighted by Gasteiger charge is -2.39. The molecule has 7 heteroatoms. The Morgan fingerprint density at radius 2 is 0.875 bits per heavy atom. The van der Waals surface area contributed by atoms with E-state index in [4.69, 9.17) is 0 Å². The van der Waals surface area contributed by atoms with Gasteiger partial charge in [0.1, 0.15) is 0 Å². The number of alkyl halides is 6. The average molecular weight is 343 g/mol. The van der Waals surface area contributed by atoms with E-state index in [1.54, 1.807) is 0 Å². The molecule has 0 unspecified atom stereocenters. The summed E-state index contributed by atoms with van der Waals surface area (Å²) < 4.78 is 85.2. The van der Waals surface area contributed by atoms with Gasteiger partial charge in [-0.3, -0.25) is 4.90 Å². The minimum atomic E-state index is -4.91. The highest BCUT2D eigenvalue weighted by Gasteiger charge is 2.81. The molecule has 0 N–H and O–H groups in total. The Kier molecular flexibility index (Phi) is 2.67. The highest BCUT2D eigenvalue weighted by molar-refractivity contribution is 5.67. The summed E-state index contributed by atoms with van der Waals surface area (Å²) in [5, 5.41) is 0. The number of fused-ring (bicyclic) bond motifs is 8. The van der Waals surface area contributed by atoms with E-state index in [9.17, 15) is 26.3 Å². The Hall–Kier alpha value is -2.02. The first-order valence-corrected chi connectivity index (χ1v) is 7.18. The van der Waals surface area contributed by atoms with Crippen molar-refractivity contribution in [1.29, 1.82) is 0 Å². The molecule has 0 saturated heterocycles. The van der Waals surface area contributed by atoms with Crippen molar-refractivity contribution in [3.8, 4) is 0 Å². The van der Waals surface area contributed by atoms with Crippen LogP contribution >= 0.6 is 0 Å². The van der Waals surface area contributed by atoms with E-state index in [-0.39, 0.29) is 22.3 Å². The van der Waals surface area contributed by atoms with Crippen molar-refractivity contribution in [3.05, 3.63) is 70.8 Å². The topological polar surface area (TPSA) is 3.24 Å². The van der Waals surface area contributed by atoms with Crippen molar-refractivity contribution < 1.29 is 26.3 Å². The van der Waals surface area contributed by atoms with Gasteiger partial charge in [0.25, 0.3) is 0 Å². The van der Waals surface area contributed by atoms with Crippen LogP contribution in [0, 0.1) is 0 Å². The van der Waals surface area contributed by atoms with Gasteiger partial charge in [-0.2, -0.15) is 26.3 Å². The molecular weight excluding hydrogens is 332 g/mol. The van der Waals surface area contributed by atoms with Gasteiger partial charge in [-0.1, -0.05) is 48.5 Å². The maximum absolute atomic E-state index is 14.2. The van der Waals surface area contributed by atoms with Crippen LogP contribution in [-0.4, -0.2) is 24.3 Å². The summed E-state index contributed by atoms with van der Waals surface area (Å²) in [5.74, 6) is 0. The maximum atomic E-state index is 14.2. The summed E-state index contributed by atoms with van der Waals surface area (Å²) in [6.07, 6.45) is -9.81. The van der Waals surface area contributed by atoms with Crippen LogP contribution < -0.4 is 0 Å². The number of halogens is 6. The molecule has 24 heavy (non-hydrogen) atoms. The molecule has 0 aromatic heterocycles. The van der Waals surface area contributed by atoms with Crippen LogP contribution in [0.4, 0.5) is 26.3 Å². The standard InChI is InChI=1S/C17H11F6N/c1-24-14(16(18,19)20)10-6-2-3-7-11(10)15(24,17(21,22)23)13-9-5-4-8-12(13)14/h2-9H,1H3. The summed E-state index contributed by atoms with van der Waals surface area (Å²) in [4.78, 5) is 0.440. The molecule has 0 radical (unpaired) electrons. The van der Waals surface area contributed by atoms with Crippen LogP contribution in [0.3, 0.4) is 0 Å². The Labute approximate surface area is 133 Å². The molecule has 0 fully saturated rings. The third-order valence-corrected chi connectivity index (χ3v) is 5.24. The van der Waals surface area contributed by atoms with Crippen LogP contribution in [0.5, 0.6) is 0 Å². The second-order valence-electron chi connectivity index (χ2n) is 6.07. The monoisotopic (exact) mass is 343 g/mol. The summed E-state index contributed by atoms with van der Waals surface area (Å²) >= 11 is 0. The predicted octanol–water partition coefficient (Wildman–Crippen LogP) is 4.56. The zero-order chi connectivity index (χ0) is 17.5. The molecule has 0 spiro atoms. The highest BCUT2D eigenvalue weighted by Crippen LogP contribution is 2.70. The van der Waals surface area contributed by atoms with Gasteiger partial charge in [-0.25, -0.2) is 0 Å². The first kappa shape index (κ1) is 15.5. The second-order valence-corrected chi connectivity index (χ2v) is 6.07. The van der Waals surface area contributed by atoms with E-state index in [1.807, 2.05) is 0 Å². The smallest absolute Gasteiger partial charge is 0.264 e. The minimum absolute atomic E-state index is 0.351. The van der Waals surface area contributed by atoms with Crippen molar-refractivity contribution in [2.75, 3.05) is 7.05 Å². The first-order chi connectivity index (χ1) is 11.1. The summed E-state index contributed by atoms with van der Waals surface area (Å²) in [5.41, 5.74) is -7.00. The molecule has 2 heterocycles. The lowest BCUT2D eigenvalue weighted by molar-refractivity contribution is -0.258. The van der Waals surface area contributed by atoms with Crippen molar-refractivity contribution in [2.24, 2.45) is 0 Å². The molecular formula is C17H11F6N. The normalized spacial score (nSPS) is 28.8. The Bertz CT molecular complexity index is 720. The van der Waals surface area contributed by atoms with Gasteiger partial charge < -0.3 is 0 Å². The summed E-state index contributed by atoms with van der Waals surface area (Å²) in [6, 6.07) is 9.93. The van der Waals surface area contributed by atoms with E-state index < -0.39 is 23.4 Å². The lowest BCUT2D eigenvalue weighted by Crippen LogP contribution is -2.56. The number of rotatable bonds is 0. The van der Waals surface area contributed by atoms with E-state index in [2.05, 4.69) is 0 Å². The third-order valence-electron chi connectivity index (χ3n) is 5.24. The van der Waals surface area contributed by atoms with Crippen LogP contribution in [0.15, 0.2) is 48.5 Å². The maximum Gasteiger partial charge on any atom is 0.415 e. The molecule has 0 saturated carbocycles. The van der Waals surface area contributed by atoms with Gasteiger partial charge in [0.2, 0.25) is 0 Å². The number of nitrogens with zero attached hydrogens (tertiary/aromatic N) is 1. The molecule has 2 aliphatic heterocycles. The molecule has 126 valence electrons. The van der Waals surface area contributed by atoms with E-state index in [0.717, 1.165) is 31.3 Å². The molecule has 1 nitrogen and oxygen atoms in total.